The van der Waals surface area contributed by atoms with Crippen molar-refractivity contribution in [2.24, 2.45) is 0 Å². The van der Waals surface area contributed by atoms with Crippen molar-refractivity contribution in [2.45, 2.75) is 44.1 Å². The lowest BCUT2D eigenvalue weighted by molar-refractivity contribution is 0.595. The Labute approximate surface area is 128 Å². The van der Waals surface area contributed by atoms with Crippen molar-refractivity contribution in [1.82, 2.24) is 24.1 Å². The Morgan fingerprint density at radius 3 is 2.86 bits per heavy atom. The van der Waals surface area contributed by atoms with Gasteiger partial charge in [0.1, 0.15) is 11.5 Å². The Morgan fingerprint density at radius 1 is 1.19 bits per heavy atom. The number of thioether (sulfide) groups is 1. The molecule has 21 heavy (non-hydrogen) atoms. The fraction of sp³-hybridized carbons (Fsp3) is 0.400. The van der Waals surface area contributed by atoms with E-state index in [1.165, 1.54) is 0 Å². The van der Waals surface area contributed by atoms with Gasteiger partial charge in [0.2, 0.25) is 0 Å². The Balaban J connectivity index is 1.76. The highest BCUT2D eigenvalue weighted by Crippen LogP contribution is 2.22. The standard InChI is InChI=1S/C15H19N5S/c1-3-8-20-13(4-2)17-18-15(20)21-11-12-10-19-9-6-5-7-14(19)16-12/h5-7,9-10H,3-4,8,11H2,1-2H3. The van der Waals surface area contributed by atoms with Gasteiger partial charge in [0, 0.05) is 31.1 Å². The van der Waals surface area contributed by atoms with Crippen LogP contribution in [0, 0.1) is 0 Å². The molecule has 5 nitrogen and oxygen atoms in total. The van der Waals surface area contributed by atoms with Crippen molar-refractivity contribution in [3.8, 4) is 0 Å². The molecule has 0 unspecified atom stereocenters. The van der Waals surface area contributed by atoms with Crippen molar-refractivity contribution >= 4 is 17.4 Å². The lowest BCUT2D eigenvalue weighted by Crippen LogP contribution is -2.04. The molecule has 0 N–H and O–H groups in total. The summed E-state index contributed by atoms with van der Waals surface area (Å²) in [7, 11) is 0. The molecule has 0 aliphatic carbocycles. The van der Waals surface area contributed by atoms with Gasteiger partial charge in [0.25, 0.3) is 0 Å². The fourth-order valence-electron chi connectivity index (χ4n) is 2.33. The first-order valence-electron chi connectivity index (χ1n) is 7.29. The molecule has 6 heteroatoms. The van der Waals surface area contributed by atoms with Crippen molar-refractivity contribution in [3.63, 3.8) is 0 Å². The summed E-state index contributed by atoms with van der Waals surface area (Å²) in [5.41, 5.74) is 2.05. The van der Waals surface area contributed by atoms with Gasteiger partial charge in [0.15, 0.2) is 5.16 Å². The number of hydrogen-bond acceptors (Lipinski definition) is 4. The highest BCUT2D eigenvalue weighted by Gasteiger charge is 2.11. The lowest BCUT2D eigenvalue weighted by Gasteiger charge is -2.06. The van der Waals surface area contributed by atoms with Gasteiger partial charge in [-0.1, -0.05) is 31.7 Å². The maximum absolute atomic E-state index is 4.62. The topological polar surface area (TPSA) is 48.0 Å². The van der Waals surface area contributed by atoms with Crippen LogP contribution < -0.4 is 0 Å². The highest BCUT2D eigenvalue weighted by atomic mass is 32.2. The SMILES string of the molecule is CCCn1c(CC)nnc1SCc1cn2ccccc2n1. The Hall–Kier alpha value is -1.82. The third kappa shape index (κ3) is 2.95. The predicted molar refractivity (Wildman–Crippen MR) is 84.4 cm³/mol. The van der Waals surface area contributed by atoms with Crippen LogP contribution in [-0.2, 0) is 18.7 Å². The first-order valence-corrected chi connectivity index (χ1v) is 8.27. The van der Waals surface area contributed by atoms with Crippen molar-refractivity contribution in [3.05, 3.63) is 42.1 Å². The highest BCUT2D eigenvalue weighted by molar-refractivity contribution is 7.98. The molecule has 3 heterocycles. The van der Waals surface area contributed by atoms with Crippen LogP contribution in [-0.4, -0.2) is 24.1 Å². The zero-order chi connectivity index (χ0) is 14.7. The largest absolute Gasteiger partial charge is 0.307 e. The molecule has 110 valence electrons. The third-order valence-electron chi connectivity index (χ3n) is 3.32. The van der Waals surface area contributed by atoms with E-state index in [0.717, 1.165) is 47.5 Å². The van der Waals surface area contributed by atoms with Gasteiger partial charge in [-0.25, -0.2) is 4.98 Å². The zero-order valence-electron chi connectivity index (χ0n) is 12.4. The molecule has 0 atom stereocenters. The lowest BCUT2D eigenvalue weighted by atomic mass is 10.4. The van der Waals surface area contributed by atoms with Crippen LogP contribution in [0.1, 0.15) is 31.8 Å². The van der Waals surface area contributed by atoms with Crippen LogP contribution in [0.2, 0.25) is 0 Å². The van der Waals surface area contributed by atoms with E-state index in [1.54, 1.807) is 11.8 Å². The second-order valence-electron chi connectivity index (χ2n) is 4.89. The normalized spacial score (nSPS) is 11.3. The molecule has 0 saturated heterocycles. The summed E-state index contributed by atoms with van der Waals surface area (Å²) in [4.78, 5) is 4.62. The second-order valence-corrected chi connectivity index (χ2v) is 5.83. The molecule has 3 rings (SSSR count). The Morgan fingerprint density at radius 2 is 2.10 bits per heavy atom. The number of imidazole rings is 1. The number of fused-ring (bicyclic) bond motifs is 1. The number of rotatable bonds is 6. The number of aryl methyl sites for hydroxylation is 1. The molecule has 0 bridgehead atoms. The smallest absolute Gasteiger partial charge is 0.191 e. The monoisotopic (exact) mass is 301 g/mol. The van der Waals surface area contributed by atoms with E-state index in [1.807, 2.05) is 28.8 Å². The molecule has 0 radical (unpaired) electrons. The maximum Gasteiger partial charge on any atom is 0.191 e. The van der Waals surface area contributed by atoms with E-state index in [-0.39, 0.29) is 0 Å². The molecule has 0 aromatic carbocycles. The summed E-state index contributed by atoms with van der Waals surface area (Å²) < 4.78 is 4.27. The summed E-state index contributed by atoms with van der Waals surface area (Å²) in [5, 5.41) is 9.58. The van der Waals surface area contributed by atoms with Gasteiger partial charge in [-0.05, 0) is 18.6 Å². The van der Waals surface area contributed by atoms with E-state index in [9.17, 15) is 0 Å². The predicted octanol–water partition coefficient (Wildman–Crippen LogP) is 3.19. The minimum Gasteiger partial charge on any atom is -0.307 e. The molecule has 0 spiro atoms. The molecule has 3 aromatic heterocycles. The number of aromatic nitrogens is 5. The summed E-state index contributed by atoms with van der Waals surface area (Å²) in [5.74, 6) is 1.88. The molecule has 0 saturated carbocycles. The van der Waals surface area contributed by atoms with Crippen LogP contribution in [0.25, 0.3) is 5.65 Å². The number of pyridine rings is 1. The molecular weight excluding hydrogens is 282 g/mol. The van der Waals surface area contributed by atoms with Gasteiger partial charge in [-0.15, -0.1) is 10.2 Å². The maximum atomic E-state index is 4.62. The zero-order valence-corrected chi connectivity index (χ0v) is 13.2. The van der Waals surface area contributed by atoms with Crippen LogP contribution in [0.5, 0.6) is 0 Å². The molecule has 0 aliphatic heterocycles. The first-order chi connectivity index (χ1) is 10.3. The van der Waals surface area contributed by atoms with Crippen molar-refractivity contribution in [1.29, 1.82) is 0 Å². The van der Waals surface area contributed by atoms with Gasteiger partial charge in [0.05, 0.1) is 5.69 Å². The van der Waals surface area contributed by atoms with Crippen LogP contribution in [0.15, 0.2) is 35.7 Å². The quantitative estimate of drug-likeness (QED) is 0.656. The van der Waals surface area contributed by atoms with Gasteiger partial charge in [-0.2, -0.15) is 0 Å². The fourth-order valence-corrected chi connectivity index (χ4v) is 3.20. The Bertz CT molecular complexity index is 698. The molecule has 0 amide bonds. The average Bonchev–Trinajstić information content (AvgIpc) is 3.08. The first kappa shape index (κ1) is 14.1. The van der Waals surface area contributed by atoms with Crippen LogP contribution >= 0.6 is 11.8 Å². The summed E-state index contributed by atoms with van der Waals surface area (Å²) in [6.45, 7) is 5.27. The van der Waals surface area contributed by atoms with Gasteiger partial charge in [-0.3, -0.25) is 0 Å². The second kappa shape index (κ2) is 6.30. The van der Waals surface area contributed by atoms with E-state index < -0.39 is 0 Å². The van der Waals surface area contributed by atoms with Crippen LogP contribution in [0.3, 0.4) is 0 Å². The molecule has 0 fully saturated rings. The summed E-state index contributed by atoms with van der Waals surface area (Å²) in [6.07, 6.45) is 6.10. The molecule has 0 aliphatic rings. The van der Waals surface area contributed by atoms with E-state index in [0.29, 0.717) is 0 Å². The molecule has 3 aromatic rings. The van der Waals surface area contributed by atoms with E-state index in [4.69, 9.17) is 0 Å². The Kier molecular flexibility index (Phi) is 4.24. The van der Waals surface area contributed by atoms with Gasteiger partial charge >= 0.3 is 0 Å². The van der Waals surface area contributed by atoms with Gasteiger partial charge < -0.3 is 8.97 Å². The average molecular weight is 301 g/mol. The third-order valence-corrected chi connectivity index (χ3v) is 4.32. The van der Waals surface area contributed by atoms with E-state index >= 15 is 0 Å². The van der Waals surface area contributed by atoms with Crippen LogP contribution in [0.4, 0.5) is 0 Å². The number of hydrogen-bond donors (Lipinski definition) is 0. The number of nitrogens with zero attached hydrogens (tertiary/aromatic N) is 5. The summed E-state index contributed by atoms with van der Waals surface area (Å²) >= 11 is 1.71. The van der Waals surface area contributed by atoms with E-state index in [2.05, 4.69) is 39.8 Å². The summed E-state index contributed by atoms with van der Waals surface area (Å²) in [6, 6.07) is 6.03. The van der Waals surface area contributed by atoms with Crippen molar-refractivity contribution in [2.75, 3.05) is 0 Å². The minimum atomic E-state index is 0.813. The minimum absolute atomic E-state index is 0.813. The molecular formula is C15H19N5S. The van der Waals surface area contributed by atoms with Crippen molar-refractivity contribution < 1.29 is 0 Å².